The van der Waals surface area contributed by atoms with Crippen LogP contribution in [-0.4, -0.2) is 23.6 Å². The number of carbonyl (C=O) groups is 2. The average molecular weight is 397 g/mol. The quantitative estimate of drug-likeness (QED) is 0.696. The van der Waals surface area contributed by atoms with Crippen molar-refractivity contribution in [2.45, 2.75) is 23.5 Å². The van der Waals surface area contributed by atoms with Gasteiger partial charge >= 0.3 is 0 Å². The van der Waals surface area contributed by atoms with Crippen molar-refractivity contribution < 1.29 is 9.59 Å². The van der Waals surface area contributed by atoms with E-state index >= 15 is 0 Å². The van der Waals surface area contributed by atoms with Crippen LogP contribution in [0.5, 0.6) is 0 Å². The summed E-state index contributed by atoms with van der Waals surface area (Å²) in [6.45, 7) is 2.28. The second kappa shape index (κ2) is 9.13. The Morgan fingerprint density at radius 3 is 2.68 bits per heavy atom. The molecular formula is C18H18Cl2N2O2S. The number of amides is 2. The normalized spacial score (nSPS) is 11.8. The second-order valence-corrected chi connectivity index (χ2v) is 7.67. The average Bonchev–Trinajstić information content (AvgIpc) is 2.58. The predicted molar refractivity (Wildman–Crippen MR) is 103 cm³/mol. The van der Waals surface area contributed by atoms with Crippen LogP contribution in [0.25, 0.3) is 0 Å². The van der Waals surface area contributed by atoms with Crippen molar-refractivity contribution >= 4 is 46.8 Å². The SMILES string of the molecule is CC(Sc1cc(Cl)ccc1Cl)C(=O)NCCc1cccc(C(N)=O)c1. The first-order valence-corrected chi connectivity index (χ1v) is 9.28. The molecule has 0 aliphatic heterocycles. The van der Waals surface area contributed by atoms with Gasteiger partial charge in [-0.15, -0.1) is 11.8 Å². The summed E-state index contributed by atoms with van der Waals surface area (Å²) >= 11 is 13.4. The van der Waals surface area contributed by atoms with E-state index < -0.39 is 5.91 Å². The monoisotopic (exact) mass is 396 g/mol. The number of hydrogen-bond donors (Lipinski definition) is 2. The van der Waals surface area contributed by atoms with Gasteiger partial charge in [-0.2, -0.15) is 0 Å². The fourth-order valence-electron chi connectivity index (χ4n) is 2.17. The lowest BCUT2D eigenvalue weighted by Crippen LogP contribution is -2.32. The molecule has 0 heterocycles. The molecule has 0 aliphatic carbocycles. The highest BCUT2D eigenvalue weighted by Crippen LogP contribution is 2.32. The zero-order valence-corrected chi connectivity index (χ0v) is 15.9. The van der Waals surface area contributed by atoms with Crippen molar-refractivity contribution in [2.24, 2.45) is 5.73 Å². The van der Waals surface area contributed by atoms with Crippen LogP contribution >= 0.6 is 35.0 Å². The predicted octanol–water partition coefficient (Wildman–Crippen LogP) is 3.93. The highest BCUT2D eigenvalue weighted by atomic mass is 35.5. The number of nitrogens with two attached hydrogens (primary N) is 1. The number of benzene rings is 2. The summed E-state index contributed by atoms with van der Waals surface area (Å²) in [4.78, 5) is 24.2. The molecule has 7 heteroatoms. The summed E-state index contributed by atoms with van der Waals surface area (Å²) in [6.07, 6.45) is 0.613. The van der Waals surface area contributed by atoms with Crippen LogP contribution in [0, 0.1) is 0 Å². The van der Waals surface area contributed by atoms with Crippen LogP contribution in [-0.2, 0) is 11.2 Å². The fourth-order valence-corrected chi connectivity index (χ4v) is 3.60. The van der Waals surface area contributed by atoms with E-state index in [0.717, 1.165) is 10.5 Å². The van der Waals surface area contributed by atoms with E-state index in [-0.39, 0.29) is 11.2 Å². The Balaban J connectivity index is 1.86. The standard InChI is InChI=1S/C18H18Cl2N2O2S/c1-11(25-16-10-14(19)5-6-15(16)20)18(24)22-8-7-12-3-2-4-13(9-12)17(21)23/h2-6,9-11H,7-8H2,1H3,(H2,21,23)(H,22,24). The summed E-state index contributed by atoms with van der Waals surface area (Å²) in [7, 11) is 0. The van der Waals surface area contributed by atoms with Crippen molar-refractivity contribution in [2.75, 3.05) is 6.54 Å². The number of nitrogens with one attached hydrogen (secondary N) is 1. The fraction of sp³-hybridized carbons (Fsp3) is 0.222. The second-order valence-electron chi connectivity index (χ2n) is 5.44. The number of halogens is 2. The van der Waals surface area contributed by atoms with Gasteiger partial charge in [-0.1, -0.05) is 35.3 Å². The number of carbonyl (C=O) groups excluding carboxylic acids is 2. The zero-order chi connectivity index (χ0) is 18.4. The molecule has 0 radical (unpaired) electrons. The molecule has 2 amide bonds. The van der Waals surface area contributed by atoms with E-state index in [2.05, 4.69) is 5.32 Å². The van der Waals surface area contributed by atoms with Gasteiger partial charge in [0.1, 0.15) is 0 Å². The Hall–Kier alpha value is -1.69. The van der Waals surface area contributed by atoms with Gasteiger partial charge in [0, 0.05) is 22.0 Å². The van der Waals surface area contributed by atoms with Crippen LogP contribution < -0.4 is 11.1 Å². The molecule has 132 valence electrons. The Morgan fingerprint density at radius 2 is 1.96 bits per heavy atom. The van der Waals surface area contributed by atoms with Crippen molar-refractivity contribution in [3.8, 4) is 0 Å². The van der Waals surface area contributed by atoms with Gasteiger partial charge in [-0.25, -0.2) is 0 Å². The van der Waals surface area contributed by atoms with Crippen LogP contribution in [0.3, 0.4) is 0 Å². The molecule has 4 nitrogen and oxygen atoms in total. The lowest BCUT2D eigenvalue weighted by atomic mass is 10.1. The van der Waals surface area contributed by atoms with E-state index in [1.807, 2.05) is 13.0 Å². The van der Waals surface area contributed by atoms with Gasteiger partial charge in [0.25, 0.3) is 0 Å². The minimum Gasteiger partial charge on any atom is -0.366 e. The van der Waals surface area contributed by atoms with Crippen molar-refractivity contribution in [1.82, 2.24) is 5.32 Å². The van der Waals surface area contributed by atoms with E-state index in [1.54, 1.807) is 36.4 Å². The smallest absolute Gasteiger partial charge is 0.248 e. The van der Waals surface area contributed by atoms with Gasteiger partial charge in [-0.3, -0.25) is 9.59 Å². The molecule has 0 aromatic heterocycles. The van der Waals surface area contributed by atoms with E-state index in [1.165, 1.54) is 11.8 Å². The Labute approximate surface area is 161 Å². The molecule has 2 rings (SSSR count). The van der Waals surface area contributed by atoms with E-state index in [4.69, 9.17) is 28.9 Å². The summed E-state index contributed by atoms with van der Waals surface area (Å²) in [5.74, 6) is -0.554. The van der Waals surface area contributed by atoms with Crippen molar-refractivity contribution in [1.29, 1.82) is 0 Å². The van der Waals surface area contributed by atoms with Gasteiger partial charge in [0.15, 0.2) is 0 Å². The largest absolute Gasteiger partial charge is 0.366 e. The molecule has 0 saturated heterocycles. The molecule has 3 N–H and O–H groups in total. The summed E-state index contributed by atoms with van der Waals surface area (Å²) < 4.78 is 0. The highest BCUT2D eigenvalue weighted by molar-refractivity contribution is 8.00. The zero-order valence-electron chi connectivity index (χ0n) is 13.6. The maximum absolute atomic E-state index is 12.2. The first-order valence-electron chi connectivity index (χ1n) is 7.65. The first kappa shape index (κ1) is 19.6. The third kappa shape index (κ3) is 5.96. The summed E-state index contributed by atoms with van der Waals surface area (Å²) in [5, 5.41) is 3.71. The number of hydrogen-bond acceptors (Lipinski definition) is 3. The topological polar surface area (TPSA) is 72.2 Å². The first-order chi connectivity index (χ1) is 11.9. The molecule has 2 aromatic rings. The lowest BCUT2D eigenvalue weighted by Gasteiger charge is -2.13. The minimum absolute atomic E-state index is 0.0906. The van der Waals surface area contributed by atoms with Crippen LogP contribution in [0.2, 0.25) is 10.0 Å². The molecule has 0 fully saturated rings. The van der Waals surface area contributed by atoms with E-state index in [9.17, 15) is 9.59 Å². The van der Waals surface area contributed by atoms with Crippen LogP contribution in [0.15, 0.2) is 47.4 Å². The maximum atomic E-state index is 12.2. The molecule has 0 spiro atoms. The molecule has 0 aliphatic rings. The van der Waals surface area contributed by atoms with Crippen molar-refractivity contribution in [3.63, 3.8) is 0 Å². The Morgan fingerprint density at radius 1 is 1.20 bits per heavy atom. The minimum atomic E-state index is -0.464. The highest BCUT2D eigenvalue weighted by Gasteiger charge is 2.16. The Kier molecular flexibility index (Phi) is 7.17. The third-order valence-corrected chi connectivity index (χ3v) is 5.33. The van der Waals surface area contributed by atoms with Gasteiger partial charge < -0.3 is 11.1 Å². The van der Waals surface area contributed by atoms with Gasteiger partial charge in [0.05, 0.1) is 10.3 Å². The molecule has 1 atom stereocenters. The van der Waals surface area contributed by atoms with Crippen LogP contribution in [0.4, 0.5) is 0 Å². The molecule has 1 unspecified atom stereocenters. The molecule has 2 aromatic carbocycles. The molecule has 0 saturated carbocycles. The van der Waals surface area contributed by atoms with Gasteiger partial charge in [0.2, 0.25) is 11.8 Å². The number of primary amides is 1. The summed E-state index contributed by atoms with van der Waals surface area (Å²) in [5.41, 5.74) is 6.66. The number of thioether (sulfide) groups is 1. The van der Waals surface area contributed by atoms with Crippen molar-refractivity contribution in [3.05, 3.63) is 63.6 Å². The molecular weight excluding hydrogens is 379 g/mol. The van der Waals surface area contributed by atoms with E-state index in [0.29, 0.717) is 28.6 Å². The van der Waals surface area contributed by atoms with Gasteiger partial charge in [-0.05, 0) is 49.2 Å². The summed E-state index contributed by atoms with van der Waals surface area (Å²) in [6, 6.07) is 12.2. The maximum Gasteiger partial charge on any atom is 0.248 e. The molecule has 0 bridgehead atoms. The van der Waals surface area contributed by atoms with Crippen LogP contribution in [0.1, 0.15) is 22.8 Å². The number of rotatable bonds is 7. The Bertz CT molecular complexity index is 783. The molecule has 25 heavy (non-hydrogen) atoms. The lowest BCUT2D eigenvalue weighted by molar-refractivity contribution is -0.120. The third-order valence-electron chi connectivity index (χ3n) is 3.49.